The van der Waals surface area contributed by atoms with Crippen LogP contribution in [0.25, 0.3) is 22.0 Å². The Labute approximate surface area is 245 Å². The zero-order valence-electron chi connectivity index (χ0n) is 24.0. The molecule has 1 aromatic carbocycles. The topological polar surface area (TPSA) is 109 Å². The van der Waals surface area contributed by atoms with Gasteiger partial charge < -0.3 is 19.5 Å². The fraction of sp³-hybridized carbons (Fsp3) is 0.400. The first-order valence-electron chi connectivity index (χ1n) is 13.6. The number of H-pyrrole nitrogens is 1. The lowest BCUT2D eigenvalue weighted by molar-refractivity contribution is -0.104. The Hall–Kier alpha value is -4.06. The van der Waals surface area contributed by atoms with Crippen LogP contribution in [0.15, 0.2) is 52.9 Å². The highest BCUT2D eigenvalue weighted by molar-refractivity contribution is 7.10. The molecule has 3 aromatic heterocycles. The van der Waals surface area contributed by atoms with E-state index in [0.29, 0.717) is 6.54 Å². The highest BCUT2D eigenvalue weighted by atomic mass is 32.1. The van der Waals surface area contributed by atoms with Gasteiger partial charge in [0.25, 0.3) is 17.4 Å². The fourth-order valence-corrected chi connectivity index (χ4v) is 5.91. The zero-order chi connectivity index (χ0) is 30.4. The number of nitrogens with one attached hydrogen (secondary N) is 2. The number of rotatable bonds is 7. The molecule has 12 heteroatoms. The first-order chi connectivity index (χ1) is 19.7. The number of halogens is 2. The number of benzene rings is 1. The Balaban J connectivity index is 1.34. The van der Waals surface area contributed by atoms with Gasteiger partial charge >= 0.3 is 6.09 Å². The third-order valence-electron chi connectivity index (χ3n) is 7.18. The van der Waals surface area contributed by atoms with Crippen LogP contribution in [-0.4, -0.2) is 50.2 Å². The molecule has 1 aliphatic carbocycles. The number of pyridine rings is 1. The van der Waals surface area contributed by atoms with Gasteiger partial charge in [0.1, 0.15) is 5.60 Å². The molecule has 0 bridgehead atoms. The van der Waals surface area contributed by atoms with Gasteiger partial charge in [0.15, 0.2) is 0 Å². The molecule has 0 spiro atoms. The van der Waals surface area contributed by atoms with Crippen LogP contribution in [0.4, 0.5) is 13.6 Å². The molecule has 2 N–H and O–H groups in total. The van der Waals surface area contributed by atoms with Crippen molar-refractivity contribution in [1.82, 2.24) is 25.0 Å². The second-order valence-electron chi connectivity index (χ2n) is 11.8. The maximum absolute atomic E-state index is 13.5. The zero-order valence-corrected chi connectivity index (χ0v) is 24.9. The fourth-order valence-electron chi connectivity index (χ4n) is 4.99. The lowest BCUT2D eigenvalue weighted by Gasteiger charge is -2.36. The van der Waals surface area contributed by atoms with Crippen LogP contribution in [0.3, 0.4) is 0 Å². The summed E-state index contributed by atoms with van der Waals surface area (Å²) in [6.45, 7) is 7.67. The molecule has 5 rings (SSSR count). The summed E-state index contributed by atoms with van der Waals surface area (Å²) in [7, 11) is 1.69. The van der Waals surface area contributed by atoms with Gasteiger partial charge in [-0.15, -0.1) is 11.3 Å². The predicted octanol–water partition coefficient (Wildman–Crippen LogP) is 6.28. The first-order valence-corrected chi connectivity index (χ1v) is 14.5. The average Bonchev–Trinajstić information content (AvgIpc) is 3.58. The molecule has 1 saturated carbocycles. The maximum atomic E-state index is 13.5. The number of thiophene rings is 1. The molecule has 2 amide bonds. The highest BCUT2D eigenvalue weighted by Gasteiger charge is 2.46. The van der Waals surface area contributed by atoms with Crippen LogP contribution in [0.1, 0.15) is 73.4 Å². The van der Waals surface area contributed by atoms with E-state index in [1.807, 2.05) is 63.4 Å². The van der Waals surface area contributed by atoms with E-state index < -0.39 is 48.0 Å². The normalized spacial score (nSPS) is 15.7. The van der Waals surface area contributed by atoms with Gasteiger partial charge in [-0.1, -0.05) is 24.3 Å². The minimum Gasteiger partial charge on any atom is -0.444 e. The number of hydrogen-bond acceptors (Lipinski definition) is 6. The summed E-state index contributed by atoms with van der Waals surface area (Å²) in [6, 6.07) is 8.71. The number of nitrogens with zero attached hydrogens (tertiary/aromatic N) is 3. The molecule has 0 saturated heterocycles. The minimum absolute atomic E-state index is 0.163. The number of fused-ring (bicyclic) bond motifs is 1. The number of ether oxygens (including phenoxy) is 1. The van der Waals surface area contributed by atoms with Crippen LogP contribution in [0.2, 0.25) is 0 Å². The van der Waals surface area contributed by atoms with Gasteiger partial charge in [0.05, 0.1) is 28.7 Å². The Bertz CT molecular complexity index is 1700. The van der Waals surface area contributed by atoms with Crippen molar-refractivity contribution in [3.05, 3.63) is 74.5 Å². The molecule has 9 nitrogen and oxygen atoms in total. The lowest BCUT2D eigenvalue weighted by atomic mass is 9.87. The number of aromatic nitrogens is 3. The second kappa shape index (κ2) is 11.0. The smallest absolute Gasteiger partial charge is 0.410 e. The monoisotopic (exact) mass is 597 g/mol. The molecule has 1 aliphatic rings. The summed E-state index contributed by atoms with van der Waals surface area (Å²) in [6.07, 6.45) is 1.36. The predicted molar refractivity (Wildman–Crippen MR) is 157 cm³/mol. The van der Waals surface area contributed by atoms with Crippen molar-refractivity contribution in [2.45, 2.75) is 70.7 Å². The number of alkyl halides is 2. The molecule has 1 atom stereocenters. The van der Waals surface area contributed by atoms with Crippen LogP contribution in [0, 0.1) is 0 Å². The number of carbonyl (C=O) groups is 2. The molecule has 222 valence electrons. The van der Waals surface area contributed by atoms with Crippen molar-refractivity contribution in [3.8, 4) is 11.1 Å². The molecule has 1 fully saturated rings. The SMILES string of the molecule is C[C@H](NC(=O)c1cn(C2CC(F)(F)C2)c(=O)c2cn[nH]c12)c1cc(-c2ccccc2CN(C)C(=O)OC(C)(C)C)cs1. The first kappa shape index (κ1) is 29.4. The molecule has 0 aliphatic heterocycles. The summed E-state index contributed by atoms with van der Waals surface area (Å²) in [5.74, 6) is -3.27. The number of amides is 2. The Kier molecular flexibility index (Phi) is 7.69. The van der Waals surface area contributed by atoms with Crippen LogP contribution >= 0.6 is 11.3 Å². The van der Waals surface area contributed by atoms with E-state index in [9.17, 15) is 23.2 Å². The molecule has 4 aromatic rings. The number of carbonyl (C=O) groups excluding carboxylic acids is 2. The third-order valence-corrected chi connectivity index (χ3v) is 8.30. The Morgan fingerprint density at radius 2 is 2.00 bits per heavy atom. The summed E-state index contributed by atoms with van der Waals surface area (Å²) < 4.78 is 33.8. The maximum Gasteiger partial charge on any atom is 0.410 e. The summed E-state index contributed by atoms with van der Waals surface area (Å²) in [4.78, 5) is 41.2. The highest BCUT2D eigenvalue weighted by Crippen LogP contribution is 2.45. The number of hydrogen-bond donors (Lipinski definition) is 2. The van der Waals surface area contributed by atoms with E-state index in [4.69, 9.17) is 4.74 Å². The van der Waals surface area contributed by atoms with Gasteiger partial charge in [0, 0.05) is 43.5 Å². The largest absolute Gasteiger partial charge is 0.444 e. The standard InChI is InChI=1S/C30H33F2N5O4S/c1-17(34-26(38)23-15-37(20-11-30(31,32)12-20)27(39)22-13-33-35-25(22)23)24-10-19(16-42-24)21-9-7-6-8-18(21)14-36(5)28(40)41-29(2,3)4/h6-10,13,15-17,20H,11-12,14H2,1-5H3,(H,33,35)(H,34,38)/t17-/m0/s1. The van der Waals surface area contributed by atoms with Crippen molar-refractivity contribution in [2.24, 2.45) is 0 Å². The van der Waals surface area contributed by atoms with Gasteiger partial charge in [0.2, 0.25) is 0 Å². The van der Waals surface area contributed by atoms with Crippen molar-refractivity contribution >= 4 is 34.2 Å². The summed E-state index contributed by atoms with van der Waals surface area (Å²) >= 11 is 1.48. The lowest BCUT2D eigenvalue weighted by Crippen LogP contribution is -2.41. The third kappa shape index (κ3) is 6.08. The van der Waals surface area contributed by atoms with Gasteiger partial charge in [-0.05, 0) is 55.8 Å². The van der Waals surface area contributed by atoms with Crippen molar-refractivity contribution in [2.75, 3.05) is 7.05 Å². The van der Waals surface area contributed by atoms with Crippen molar-refractivity contribution < 1.29 is 23.1 Å². The molecule has 0 radical (unpaired) electrons. The summed E-state index contributed by atoms with van der Waals surface area (Å²) in [5.41, 5.74) is 2.22. The molecule has 3 heterocycles. The number of aromatic amines is 1. The van der Waals surface area contributed by atoms with E-state index in [1.165, 1.54) is 33.2 Å². The Morgan fingerprint density at radius 3 is 2.69 bits per heavy atom. The van der Waals surface area contributed by atoms with Gasteiger partial charge in [-0.25, -0.2) is 13.6 Å². The average molecular weight is 598 g/mol. The van der Waals surface area contributed by atoms with E-state index in [-0.39, 0.29) is 22.5 Å². The molecule has 0 unspecified atom stereocenters. The van der Waals surface area contributed by atoms with Crippen LogP contribution < -0.4 is 10.9 Å². The van der Waals surface area contributed by atoms with E-state index in [0.717, 1.165) is 21.6 Å². The van der Waals surface area contributed by atoms with E-state index >= 15 is 0 Å². The van der Waals surface area contributed by atoms with Gasteiger partial charge in [-0.3, -0.25) is 14.7 Å². The van der Waals surface area contributed by atoms with E-state index in [2.05, 4.69) is 15.5 Å². The van der Waals surface area contributed by atoms with Gasteiger partial charge in [-0.2, -0.15) is 5.10 Å². The summed E-state index contributed by atoms with van der Waals surface area (Å²) in [5, 5.41) is 11.8. The van der Waals surface area contributed by atoms with Crippen LogP contribution in [0.5, 0.6) is 0 Å². The van der Waals surface area contributed by atoms with Crippen molar-refractivity contribution in [1.29, 1.82) is 0 Å². The second-order valence-corrected chi connectivity index (χ2v) is 12.7. The van der Waals surface area contributed by atoms with Crippen molar-refractivity contribution in [3.63, 3.8) is 0 Å². The molecule has 42 heavy (non-hydrogen) atoms. The minimum atomic E-state index is -2.81. The molecular formula is C30H33F2N5O4S. The molecular weight excluding hydrogens is 564 g/mol. The van der Waals surface area contributed by atoms with Crippen LogP contribution in [-0.2, 0) is 11.3 Å². The van der Waals surface area contributed by atoms with E-state index in [1.54, 1.807) is 7.05 Å². The quantitative estimate of drug-likeness (QED) is 0.261. The Morgan fingerprint density at radius 1 is 1.29 bits per heavy atom.